The first-order valence-electron chi connectivity index (χ1n) is 8.40. The van der Waals surface area contributed by atoms with Crippen molar-refractivity contribution in [3.8, 4) is 0 Å². The minimum Gasteiger partial charge on any atom is -0.382 e. The fraction of sp³-hybridized carbons (Fsp3) is 0.353. The van der Waals surface area contributed by atoms with Crippen molar-refractivity contribution in [3.63, 3.8) is 0 Å². The number of aromatic nitrogens is 4. The van der Waals surface area contributed by atoms with E-state index in [0.717, 1.165) is 21.4 Å². The predicted molar refractivity (Wildman–Crippen MR) is 116 cm³/mol. The van der Waals surface area contributed by atoms with E-state index in [1.165, 1.54) is 11.8 Å². The fourth-order valence-electron chi connectivity index (χ4n) is 2.57. The number of fused-ring (bicyclic) bond motifs is 1. The normalized spacial score (nSPS) is 11.6. The molecule has 3 N–H and O–H groups in total. The Kier molecular flexibility index (Phi) is 6.77. The van der Waals surface area contributed by atoms with Crippen LogP contribution in [0.25, 0.3) is 11.2 Å². The van der Waals surface area contributed by atoms with Crippen LogP contribution >= 0.6 is 46.0 Å². The first kappa shape index (κ1) is 20.6. The van der Waals surface area contributed by atoms with Crippen molar-refractivity contribution in [2.45, 2.75) is 42.9 Å². The molecule has 0 aliphatic rings. The van der Waals surface area contributed by atoms with Crippen LogP contribution in [0.1, 0.15) is 20.3 Å². The monoisotopic (exact) mass is 520 g/mol. The fourth-order valence-corrected chi connectivity index (χ4v) is 4.95. The highest BCUT2D eigenvalue weighted by atomic mass is 127. The van der Waals surface area contributed by atoms with Crippen molar-refractivity contribution in [2.75, 3.05) is 12.3 Å². The summed E-state index contributed by atoms with van der Waals surface area (Å²) < 4.78 is 16.6. The van der Waals surface area contributed by atoms with E-state index in [0.29, 0.717) is 33.9 Å². The zero-order valence-corrected chi connectivity index (χ0v) is 18.6. The second-order valence-corrected chi connectivity index (χ2v) is 8.99. The van der Waals surface area contributed by atoms with Crippen LogP contribution in [-0.2, 0) is 6.54 Å². The first-order chi connectivity index (χ1) is 12.8. The first-order valence-corrected chi connectivity index (χ1v) is 10.7. The van der Waals surface area contributed by atoms with Crippen LogP contribution in [0.15, 0.2) is 28.3 Å². The maximum atomic E-state index is 13.7. The number of anilines is 1. The lowest BCUT2D eigenvalue weighted by molar-refractivity contribution is 0.518. The Hall–Kier alpha value is -1.17. The molecule has 2 aromatic heterocycles. The van der Waals surface area contributed by atoms with Gasteiger partial charge >= 0.3 is 6.08 Å². The van der Waals surface area contributed by atoms with Crippen LogP contribution in [0.4, 0.5) is 10.2 Å². The van der Waals surface area contributed by atoms with Gasteiger partial charge in [-0.3, -0.25) is 0 Å². The summed E-state index contributed by atoms with van der Waals surface area (Å²) in [5, 5.41) is 4.70. The third-order valence-electron chi connectivity index (χ3n) is 3.72. The number of rotatable bonds is 7. The molecule has 2 heterocycles. The van der Waals surface area contributed by atoms with Crippen LogP contribution in [0.3, 0.4) is 0 Å². The average molecular weight is 521 g/mol. The summed E-state index contributed by atoms with van der Waals surface area (Å²) in [5.74, 6) is 0.0408. The van der Waals surface area contributed by atoms with Gasteiger partial charge in [-0.1, -0.05) is 37.2 Å². The number of imidazole rings is 1. The molecule has 10 heteroatoms. The molecule has 0 aliphatic carbocycles. The van der Waals surface area contributed by atoms with Gasteiger partial charge in [-0.15, -0.1) is 0 Å². The molecule has 0 spiro atoms. The van der Waals surface area contributed by atoms with E-state index in [2.05, 4.69) is 56.7 Å². The zero-order valence-electron chi connectivity index (χ0n) is 14.8. The summed E-state index contributed by atoms with van der Waals surface area (Å²) >= 11 is 9.83. The van der Waals surface area contributed by atoms with Crippen LogP contribution < -0.4 is 11.1 Å². The van der Waals surface area contributed by atoms with E-state index in [4.69, 9.17) is 17.3 Å². The minimum absolute atomic E-state index is 0.0408. The molecule has 144 valence electrons. The van der Waals surface area contributed by atoms with Crippen molar-refractivity contribution in [2.24, 2.45) is 0 Å². The summed E-state index contributed by atoms with van der Waals surface area (Å²) in [7, 11) is 0. The van der Waals surface area contributed by atoms with E-state index in [-0.39, 0.29) is 5.82 Å². The molecule has 0 aliphatic heterocycles. The van der Waals surface area contributed by atoms with Gasteiger partial charge in [0.05, 0.1) is 0 Å². The standard InChI is InChI=1S/C17H19ClFIN6S/c1-9(2)22-4-3-5-26-15-13(14(21)24-16(19)25-15)23-17(26)27-12-7-10(18)6-11(20)8-12/h6-9,22H,3-5H2,1-2H3,(H2,21,24,25). The molecule has 0 radical (unpaired) electrons. The van der Waals surface area contributed by atoms with Crippen molar-refractivity contribution >= 4 is 62.9 Å². The van der Waals surface area contributed by atoms with E-state index in [1.54, 1.807) is 0 Å². The molecule has 0 amide bonds. The van der Waals surface area contributed by atoms with Crippen molar-refractivity contribution < 1.29 is 4.39 Å². The molecule has 0 bridgehead atoms. The van der Waals surface area contributed by atoms with Gasteiger partial charge in [0.2, 0.25) is 0 Å². The smallest absolute Gasteiger partial charge is 0.312 e. The maximum Gasteiger partial charge on any atom is 0.312 e. The van der Waals surface area contributed by atoms with Gasteiger partial charge in [0.25, 0.3) is 0 Å². The average Bonchev–Trinajstić information content (AvgIpc) is 2.88. The second-order valence-electron chi connectivity index (χ2n) is 6.27. The Bertz CT molecular complexity index is 944. The highest BCUT2D eigenvalue weighted by Crippen LogP contribution is 2.33. The topological polar surface area (TPSA) is 81.7 Å². The third kappa shape index (κ3) is 5.21. The van der Waals surface area contributed by atoms with Gasteiger partial charge in [0.15, 0.2) is 22.1 Å². The largest absolute Gasteiger partial charge is 0.382 e. The van der Waals surface area contributed by atoms with Gasteiger partial charge < -0.3 is 15.6 Å². The minimum atomic E-state index is -0.852. The third-order valence-corrected chi connectivity index (χ3v) is 5.52. The molecular weight excluding hydrogens is 502 g/mol. The van der Waals surface area contributed by atoms with Crippen molar-refractivity contribution in [3.05, 3.63) is 32.9 Å². The number of aryl methyl sites for hydroxylation is 1. The lowest BCUT2D eigenvalue weighted by Gasteiger charge is -2.11. The second kappa shape index (κ2) is 8.89. The Morgan fingerprint density at radius 2 is 2.07 bits per heavy atom. The molecule has 3 rings (SSSR count). The number of nitrogens with zero attached hydrogens (tertiary/aromatic N) is 4. The molecule has 0 atom stereocenters. The predicted octanol–water partition coefficient (Wildman–Crippen LogP) is 4.34. The summed E-state index contributed by atoms with van der Waals surface area (Å²) in [5.41, 5.74) is 6.68. The highest BCUT2D eigenvalue weighted by Gasteiger charge is 2.18. The highest BCUT2D eigenvalue weighted by molar-refractivity contribution is 14.1. The maximum absolute atomic E-state index is 13.7. The van der Waals surface area contributed by atoms with Crippen LogP contribution in [0, 0.1) is 9.65 Å². The van der Waals surface area contributed by atoms with Crippen LogP contribution in [0.2, 0.25) is 5.02 Å². The lowest BCUT2D eigenvalue weighted by Crippen LogP contribution is -2.24. The molecular formula is C17H19ClFIN6S. The molecule has 0 fully saturated rings. The number of hydrogen-bond acceptors (Lipinski definition) is 6. The number of hydrogen-bond donors (Lipinski definition) is 2. The summed E-state index contributed by atoms with van der Waals surface area (Å²) in [4.78, 5) is 13.0. The summed E-state index contributed by atoms with van der Waals surface area (Å²) in [6.07, 6.45) is -0.00850. The van der Waals surface area contributed by atoms with E-state index in [1.807, 2.05) is 22.8 Å². The Labute approximate surface area is 179 Å². The number of benzene rings is 1. The van der Waals surface area contributed by atoms with Crippen LogP contribution in [0.5, 0.6) is 0 Å². The quantitative estimate of drug-likeness (QED) is 0.274. The van der Waals surface area contributed by atoms with Crippen LogP contribution in [-0.4, -0.2) is 32.1 Å². The van der Waals surface area contributed by atoms with E-state index < -0.39 is 6.08 Å². The van der Waals surface area contributed by atoms with Gasteiger partial charge in [0.1, 0.15) is 0 Å². The van der Waals surface area contributed by atoms with Crippen molar-refractivity contribution in [1.29, 1.82) is 0 Å². The number of nitrogen functional groups attached to an aromatic ring is 1. The molecule has 6 nitrogen and oxygen atoms in total. The zero-order chi connectivity index (χ0) is 19.6. The number of halogens is 3. The molecule has 1 aromatic carbocycles. The Balaban J connectivity index is 1.96. The molecule has 3 aromatic rings. The van der Waals surface area contributed by atoms with E-state index >= 15 is 0 Å². The SMILES string of the molecule is CC(C)NCCCn1c(Sc2cc(Cl)cc(I)c2)nc2c(N)nc(F)nc21. The summed E-state index contributed by atoms with van der Waals surface area (Å²) in [6.45, 7) is 5.65. The summed E-state index contributed by atoms with van der Waals surface area (Å²) in [6, 6.07) is 6.17. The molecule has 0 saturated heterocycles. The van der Waals surface area contributed by atoms with Gasteiger partial charge in [-0.2, -0.15) is 14.4 Å². The molecule has 27 heavy (non-hydrogen) atoms. The van der Waals surface area contributed by atoms with Gasteiger partial charge in [-0.25, -0.2) is 4.98 Å². The molecule has 0 unspecified atom stereocenters. The lowest BCUT2D eigenvalue weighted by atomic mass is 10.3. The van der Waals surface area contributed by atoms with Crippen molar-refractivity contribution in [1.82, 2.24) is 24.8 Å². The Morgan fingerprint density at radius 1 is 1.30 bits per heavy atom. The number of nitrogens with two attached hydrogens (primary N) is 1. The molecule has 0 saturated carbocycles. The Morgan fingerprint density at radius 3 is 2.78 bits per heavy atom. The van der Waals surface area contributed by atoms with E-state index in [9.17, 15) is 4.39 Å². The van der Waals surface area contributed by atoms with Gasteiger partial charge in [0, 0.05) is 26.1 Å². The van der Waals surface area contributed by atoms with Gasteiger partial charge in [-0.05, 0) is 53.8 Å². The number of nitrogens with one attached hydrogen (secondary N) is 1.